The SMILES string of the molecule is CC(C(=O)NC(N)=O)n1cc(C(C)(C)N)nn1. The summed E-state index contributed by atoms with van der Waals surface area (Å²) >= 11 is 0. The summed E-state index contributed by atoms with van der Waals surface area (Å²) in [6.45, 7) is 5.12. The topological polar surface area (TPSA) is 129 Å². The van der Waals surface area contributed by atoms with E-state index in [2.05, 4.69) is 10.3 Å². The lowest BCUT2D eigenvalue weighted by Crippen LogP contribution is -2.39. The third kappa shape index (κ3) is 3.25. The Bertz CT molecular complexity index is 433. The van der Waals surface area contributed by atoms with Gasteiger partial charge >= 0.3 is 6.03 Å². The summed E-state index contributed by atoms with van der Waals surface area (Å²) in [6, 6.07) is -1.59. The molecule has 5 N–H and O–H groups in total. The second kappa shape index (κ2) is 4.50. The third-order valence-electron chi connectivity index (χ3n) is 2.19. The van der Waals surface area contributed by atoms with Gasteiger partial charge in [0, 0.05) is 0 Å². The van der Waals surface area contributed by atoms with Crippen LogP contribution >= 0.6 is 0 Å². The zero-order valence-corrected chi connectivity index (χ0v) is 9.97. The minimum atomic E-state index is -0.902. The number of nitrogens with two attached hydrogens (primary N) is 2. The minimum Gasteiger partial charge on any atom is -0.351 e. The van der Waals surface area contributed by atoms with Crippen molar-refractivity contribution < 1.29 is 9.59 Å². The lowest BCUT2D eigenvalue weighted by Gasteiger charge is -2.14. The van der Waals surface area contributed by atoms with Crippen molar-refractivity contribution in [2.45, 2.75) is 32.4 Å². The maximum atomic E-state index is 11.5. The van der Waals surface area contributed by atoms with Crippen LogP contribution in [0.5, 0.6) is 0 Å². The number of rotatable bonds is 3. The Morgan fingerprint density at radius 2 is 2.12 bits per heavy atom. The third-order valence-corrected chi connectivity index (χ3v) is 2.19. The first-order valence-corrected chi connectivity index (χ1v) is 5.03. The molecule has 17 heavy (non-hydrogen) atoms. The molecule has 1 rings (SSSR count). The number of carbonyl (C=O) groups is 2. The van der Waals surface area contributed by atoms with Crippen LogP contribution in [0.2, 0.25) is 0 Å². The predicted octanol–water partition coefficient (Wildman–Crippen LogP) is -0.772. The molecular weight excluding hydrogens is 224 g/mol. The second-order valence-electron chi connectivity index (χ2n) is 4.33. The van der Waals surface area contributed by atoms with E-state index in [1.807, 2.05) is 5.32 Å². The van der Waals surface area contributed by atoms with E-state index in [1.165, 1.54) is 4.68 Å². The Hall–Kier alpha value is -1.96. The summed E-state index contributed by atoms with van der Waals surface area (Å²) in [5.41, 5.74) is 10.6. The summed E-state index contributed by atoms with van der Waals surface area (Å²) in [5.74, 6) is -0.552. The Morgan fingerprint density at radius 1 is 1.53 bits per heavy atom. The minimum absolute atomic E-state index is 0.552. The molecule has 0 spiro atoms. The molecule has 3 amide bonds. The number of urea groups is 1. The maximum absolute atomic E-state index is 11.5. The van der Waals surface area contributed by atoms with Gasteiger partial charge < -0.3 is 11.5 Å². The van der Waals surface area contributed by atoms with Crippen LogP contribution < -0.4 is 16.8 Å². The molecule has 0 aliphatic heterocycles. The second-order valence-corrected chi connectivity index (χ2v) is 4.33. The first-order valence-electron chi connectivity index (χ1n) is 5.03. The molecule has 0 aliphatic rings. The van der Waals surface area contributed by atoms with Crippen molar-refractivity contribution in [2.75, 3.05) is 0 Å². The highest BCUT2D eigenvalue weighted by molar-refractivity contribution is 5.95. The number of imide groups is 1. The number of hydrogen-bond donors (Lipinski definition) is 3. The van der Waals surface area contributed by atoms with Crippen molar-refractivity contribution in [3.8, 4) is 0 Å². The molecule has 0 radical (unpaired) electrons. The van der Waals surface area contributed by atoms with Gasteiger partial charge in [0.2, 0.25) is 0 Å². The molecule has 1 aromatic rings. The Balaban J connectivity index is 2.83. The molecule has 1 heterocycles. The van der Waals surface area contributed by atoms with Gasteiger partial charge in [0.15, 0.2) is 0 Å². The van der Waals surface area contributed by atoms with Gasteiger partial charge in [-0.3, -0.25) is 10.1 Å². The standard InChI is InChI=1S/C9H16N6O2/c1-5(7(16)12-8(10)17)15-4-6(13-14-15)9(2,3)11/h4-5H,11H2,1-3H3,(H3,10,12,16,17). The van der Waals surface area contributed by atoms with Gasteiger partial charge in [-0.05, 0) is 20.8 Å². The number of primary amides is 1. The number of hydrogen-bond acceptors (Lipinski definition) is 5. The Morgan fingerprint density at radius 3 is 2.53 bits per heavy atom. The van der Waals surface area contributed by atoms with Gasteiger partial charge in [0.25, 0.3) is 5.91 Å². The van der Waals surface area contributed by atoms with Gasteiger partial charge in [-0.1, -0.05) is 5.21 Å². The summed E-state index contributed by atoms with van der Waals surface area (Å²) < 4.78 is 1.32. The van der Waals surface area contributed by atoms with Gasteiger partial charge in [0.05, 0.1) is 11.7 Å². The fourth-order valence-corrected chi connectivity index (χ4v) is 1.11. The lowest BCUT2D eigenvalue weighted by molar-refractivity contribution is -0.123. The van der Waals surface area contributed by atoms with Crippen molar-refractivity contribution in [3.05, 3.63) is 11.9 Å². The van der Waals surface area contributed by atoms with Crippen molar-refractivity contribution in [1.82, 2.24) is 20.3 Å². The number of carbonyl (C=O) groups excluding carboxylic acids is 2. The van der Waals surface area contributed by atoms with E-state index in [4.69, 9.17) is 11.5 Å². The zero-order valence-electron chi connectivity index (χ0n) is 9.97. The predicted molar refractivity (Wildman–Crippen MR) is 59.7 cm³/mol. The molecule has 1 unspecified atom stereocenters. The van der Waals surface area contributed by atoms with Crippen molar-refractivity contribution in [1.29, 1.82) is 0 Å². The summed E-state index contributed by atoms with van der Waals surface area (Å²) in [7, 11) is 0. The van der Waals surface area contributed by atoms with Crippen molar-refractivity contribution in [2.24, 2.45) is 11.5 Å². The van der Waals surface area contributed by atoms with Crippen LogP contribution in [0.15, 0.2) is 6.20 Å². The highest BCUT2D eigenvalue weighted by Crippen LogP contribution is 2.14. The molecule has 1 atom stereocenters. The number of aromatic nitrogens is 3. The van der Waals surface area contributed by atoms with E-state index in [-0.39, 0.29) is 0 Å². The van der Waals surface area contributed by atoms with E-state index in [0.29, 0.717) is 5.69 Å². The molecular formula is C9H16N6O2. The Kier molecular flexibility index (Phi) is 3.47. The van der Waals surface area contributed by atoms with Crippen molar-refractivity contribution >= 4 is 11.9 Å². The van der Waals surface area contributed by atoms with E-state index < -0.39 is 23.5 Å². The molecule has 0 aromatic carbocycles. The van der Waals surface area contributed by atoms with Crippen LogP contribution in [-0.2, 0) is 10.3 Å². The van der Waals surface area contributed by atoms with E-state index in [9.17, 15) is 9.59 Å². The van der Waals surface area contributed by atoms with E-state index in [0.717, 1.165) is 0 Å². The monoisotopic (exact) mass is 240 g/mol. The molecule has 0 bridgehead atoms. The summed E-state index contributed by atoms with van der Waals surface area (Å²) in [6.07, 6.45) is 1.56. The highest BCUT2D eigenvalue weighted by atomic mass is 16.2. The van der Waals surface area contributed by atoms with Crippen LogP contribution in [0.1, 0.15) is 32.5 Å². The average molecular weight is 240 g/mol. The summed E-state index contributed by atoms with van der Waals surface area (Å²) in [4.78, 5) is 22.0. The fraction of sp³-hybridized carbons (Fsp3) is 0.556. The van der Waals surface area contributed by atoms with Gasteiger partial charge in [-0.2, -0.15) is 0 Å². The van der Waals surface area contributed by atoms with E-state index >= 15 is 0 Å². The van der Waals surface area contributed by atoms with Crippen LogP contribution in [0.3, 0.4) is 0 Å². The first kappa shape index (κ1) is 13.1. The van der Waals surface area contributed by atoms with Crippen LogP contribution in [0, 0.1) is 0 Å². The molecule has 1 aromatic heterocycles. The van der Waals surface area contributed by atoms with Gasteiger partial charge in [-0.15, -0.1) is 5.10 Å². The lowest BCUT2D eigenvalue weighted by atomic mass is 10.0. The average Bonchev–Trinajstić information content (AvgIpc) is 2.63. The maximum Gasteiger partial charge on any atom is 0.318 e. The van der Waals surface area contributed by atoms with Gasteiger partial charge in [0.1, 0.15) is 11.7 Å². The number of nitrogens with one attached hydrogen (secondary N) is 1. The molecule has 0 aliphatic carbocycles. The smallest absolute Gasteiger partial charge is 0.318 e. The molecule has 0 fully saturated rings. The number of amides is 3. The summed E-state index contributed by atoms with van der Waals surface area (Å²) in [5, 5.41) is 9.62. The van der Waals surface area contributed by atoms with Crippen molar-refractivity contribution in [3.63, 3.8) is 0 Å². The molecule has 8 nitrogen and oxygen atoms in total. The molecule has 8 heteroatoms. The molecule has 94 valence electrons. The first-order chi connectivity index (χ1) is 7.71. The highest BCUT2D eigenvalue weighted by Gasteiger charge is 2.22. The zero-order chi connectivity index (χ0) is 13.2. The normalized spacial score (nSPS) is 13.2. The largest absolute Gasteiger partial charge is 0.351 e. The quantitative estimate of drug-likeness (QED) is 0.638. The molecule has 0 saturated carbocycles. The van der Waals surface area contributed by atoms with Crippen LogP contribution in [0.25, 0.3) is 0 Å². The Labute approximate surface area is 98.3 Å². The van der Waals surface area contributed by atoms with Crippen LogP contribution in [-0.4, -0.2) is 26.9 Å². The molecule has 0 saturated heterocycles. The van der Waals surface area contributed by atoms with Crippen LogP contribution in [0.4, 0.5) is 4.79 Å². The number of nitrogens with zero attached hydrogens (tertiary/aromatic N) is 3. The van der Waals surface area contributed by atoms with Gasteiger partial charge in [-0.25, -0.2) is 9.48 Å². The fourth-order valence-electron chi connectivity index (χ4n) is 1.11. The van der Waals surface area contributed by atoms with E-state index in [1.54, 1.807) is 27.0 Å².